The molecular weight excluding hydrogens is 262 g/mol. The molecule has 0 saturated heterocycles. The molecule has 0 heterocycles. The Kier molecular flexibility index (Phi) is 5.78. The maximum atomic E-state index is 11.5. The highest BCUT2D eigenvalue weighted by molar-refractivity contribution is 5.98. The number of rotatable bonds is 6. The minimum Gasteiger partial charge on any atom is -0.481 e. The summed E-state index contributed by atoms with van der Waals surface area (Å²) in [6.45, 7) is 1.29. The summed E-state index contributed by atoms with van der Waals surface area (Å²) in [5.74, 6) is -1.58. The first-order valence-electron chi connectivity index (χ1n) is 5.81. The zero-order chi connectivity index (χ0) is 15.0. The monoisotopic (exact) mass is 275 g/mol. The predicted octanol–water partition coefficient (Wildman–Crippen LogP) is 1.62. The number of hydrogen-bond acceptors (Lipinski definition) is 5. The summed E-state index contributed by atoms with van der Waals surface area (Å²) in [6.07, 6.45) is 1.30. The first-order chi connectivity index (χ1) is 9.58. The lowest BCUT2D eigenvalue weighted by molar-refractivity contribution is -0.139. The summed E-state index contributed by atoms with van der Waals surface area (Å²) < 4.78 is 9.82. The Hall–Kier alpha value is -2.81. The Labute approximate surface area is 115 Å². The summed E-state index contributed by atoms with van der Waals surface area (Å²) in [4.78, 5) is 22.0. The van der Waals surface area contributed by atoms with Gasteiger partial charge >= 0.3 is 11.9 Å². The number of hydrogen-bond donors (Lipinski definition) is 1. The third kappa shape index (κ3) is 4.46. The quantitative estimate of drug-likeness (QED) is 0.481. The fraction of sp³-hybridized carbons (Fsp3) is 0.214. The van der Waals surface area contributed by atoms with E-state index in [4.69, 9.17) is 19.8 Å². The van der Waals surface area contributed by atoms with Crippen molar-refractivity contribution in [3.05, 3.63) is 35.4 Å². The number of carbonyl (C=O) groups excluding carboxylic acids is 1. The van der Waals surface area contributed by atoms with Crippen LogP contribution < -0.4 is 4.74 Å². The molecule has 0 aliphatic carbocycles. The molecule has 0 fully saturated rings. The van der Waals surface area contributed by atoms with Gasteiger partial charge in [0.2, 0.25) is 0 Å². The zero-order valence-corrected chi connectivity index (χ0v) is 10.8. The minimum atomic E-state index is -1.12. The fourth-order valence-corrected chi connectivity index (χ4v) is 1.37. The van der Waals surface area contributed by atoms with Crippen LogP contribution in [0.3, 0.4) is 0 Å². The van der Waals surface area contributed by atoms with Crippen LogP contribution in [0.25, 0.3) is 6.08 Å². The van der Waals surface area contributed by atoms with Crippen LogP contribution in [0.15, 0.2) is 29.8 Å². The molecule has 1 aromatic rings. The van der Waals surface area contributed by atoms with E-state index in [1.54, 1.807) is 37.3 Å². The molecule has 20 heavy (non-hydrogen) atoms. The molecule has 0 radical (unpaired) electrons. The molecule has 0 unspecified atom stereocenters. The maximum absolute atomic E-state index is 11.5. The molecule has 0 aliphatic rings. The topological polar surface area (TPSA) is 96.6 Å². The van der Waals surface area contributed by atoms with Gasteiger partial charge in [0.05, 0.1) is 6.61 Å². The molecule has 0 spiro atoms. The van der Waals surface area contributed by atoms with Gasteiger partial charge in [-0.15, -0.1) is 0 Å². The average molecular weight is 275 g/mol. The summed E-state index contributed by atoms with van der Waals surface area (Å²) >= 11 is 0. The molecule has 0 amide bonds. The highest BCUT2D eigenvalue weighted by Crippen LogP contribution is 2.21. The molecule has 0 bridgehead atoms. The number of carbonyl (C=O) groups is 2. The van der Waals surface area contributed by atoms with Crippen LogP contribution >= 0.6 is 0 Å². The van der Waals surface area contributed by atoms with Crippen molar-refractivity contribution in [1.29, 1.82) is 5.26 Å². The van der Waals surface area contributed by atoms with Gasteiger partial charge in [-0.25, -0.2) is 9.59 Å². The summed E-state index contributed by atoms with van der Waals surface area (Å²) in [7, 11) is 0. The molecule has 1 rings (SSSR count). The Morgan fingerprint density at radius 1 is 1.40 bits per heavy atom. The van der Waals surface area contributed by atoms with E-state index in [0.29, 0.717) is 5.56 Å². The number of ether oxygens (including phenoxy) is 2. The van der Waals surface area contributed by atoms with Gasteiger partial charge in [-0.1, -0.05) is 18.2 Å². The molecule has 6 nitrogen and oxygen atoms in total. The third-order valence-corrected chi connectivity index (χ3v) is 2.19. The lowest BCUT2D eigenvalue weighted by Gasteiger charge is -2.07. The van der Waals surface area contributed by atoms with Crippen molar-refractivity contribution in [3.63, 3.8) is 0 Å². The van der Waals surface area contributed by atoms with Crippen LogP contribution in [0.4, 0.5) is 0 Å². The SMILES string of the molecule is CCOC(=O)C(C#N)=Cc1ccccc1OCC(=O)O. The van der Waals surface area contributed by atoms with Crippen molar-refractivity contribution in [2.75, 3.05) is 13.2 Å². The lowest BCUT2D eigenvalue weighted by Crippen LogP contribution is -2.10. The molecule has 0 atom stereocenters. The second kappa shape index (κ2) is 7.59. The maximum Gasteiger partial charge on any atom is 0.348 e. The number of carboxylic acid groups (broad SMARTS) is 1. The fourth-order valence-electron chi connectivity index (χ4n) is 1.37. The van der Waals surface area contributed by atoms with Gasteiger partial charge in [-0.05, 0) is 19.1 Å². The first kappa shape index (κ1) is 15.2. The number of nitrogens with zero attached hydrogens (tertiary/aromatic N) is 1. The van der Waals surface area contributed by atoms with Crippen molar-refractivity contribution >= 4 is 18.0 Å². The second-order valence-electron chi connectivity index (χ2n) is 3.61. The van der Waals surface area contributed by atoms with Crippen LogP contribution in [0, 0.1) is 11.3 Å². The number of nitriles is 1. The lowest BCUT2D eigenvalue weighted by atomic mass is 10.1. The van der Waals surface area contributed by atoms with E-state index in [1.807, 2.05) is 0 Å². The summed E-state index contributed by atoms with van der Waals surface area (Å²) in [5, 5.41) is 17.5. The van der Waals surface area contributed by atoms with E-state index in [2.05, 4.69) is 0 Å². The Morgan fingerprint density at radius 2 is 2.10 bits per heavy atom. The van der Waals surface area contributed by atoms with E-state index in [9.17, 15) is 9.59 Å². The zero-order valence-electron chi connectivity index (χ0n) is 10.8. The minimum absolute atomic E-state index is 0.162. The largest absolute Gasteiger partial charge is 0.481 e. The van der Waals surface area contributed by atoms with Crippen LogP contribution in [0.2, 0.25) is 0 Å². The molecule has 104 valence electrons. The molecule has 1 N–H and O–H groups in total. The Bertz CT molecular complexity index is 571. The van der Waals surface area contributed by atoms with Gasteiger partial charge in [0, 0.05) is 5.56 Å². The number of esters is 1. The van der Waals surface area contributed by atoms with Crippen LogP contribution in [0.1, 0.15) is 12.5 Å². The first-order valence-corrected chi connectivity index (χ1v) is 5.81. The molecule has 0 aromatic heterocycles. The standard InChI is InChI=1S/C14H13NO5/c1-2-19-14(18)11(8-15)7-10-5-3-4-6-12(10)20-9-13(16)17/h3-7H,2,9H2,1H3,(H,16,17). The van der Waals surface area contributed by atoms with Crippen LogP contribution in [0.5, 0.6) is 5.75 Å². The summed E-state index contributed by atoms with van der Waals surface area (Å²) in [6, 6.07) is 8.24. The van der Waals surface area contributed by atoms with Gasteiger partial charge < -0.3 is 14.6 Å². The van der Waals surface area contributed by atoms with Crippen molar-refractivity contribution in [1.82, 2.24) is 0 Å². The average Bonchev–Trinajstić information content (AvgIpc) is 2.43. The summed E-state index contributed by atoms with van der Waals surface area (Å²) in [5.41, 5.74) is 0.247. The van der Waals surface area contributed by atoms with E-state index >= 15 is 0 Å². The van der Waals surface area contributed by atoms with Crippen molar-refractivity contribution < 1.29 is 24.2 Å². The van der Waals surface area contributed by atoms with Crippen molar-refractivity contribution in [2.45, 2.75) is 6.92 Å². The molecule has 0 aliphatic heterocycles. The number of benzene rings is 1. The molecular formula is C14H13NO5. The van der Waals surface area contributed by atoms with Crippen LogP contribution in [-0.2, 0) is 14.3 Å². The van der Waals surface area contributed by atoms with E-state index in [0.717, 1.165) is 0 Å². The highest BCUT2D eigenvalue weighted by Gasteiger charge is 2.11. The van der Waals surface area contributed by atoms with E-state index < -0.39 is 18.5 Å². The van der Waals surface area contributed by atoms with E-state index in [1.165, 1.54) is 6.08 Å². The predicted molar refractivity (Wildman–Crippen MR) is 69.8 cm³/mol. The van der Waals surface area contributed by atoms with E-state index in [-0.39, 0.29) is 17.9 Å². The van der Waals surface area contributed by atoms with Crippen molar-refractivity contribution in [3.8, 4) is 11.8 Å². The Morgan fingerprint density at radius 3 is 2.70 bits per heavy atom. The van der Waals surface area contributed by atoms with Crippen molar-refractivity contribution in [2.24, 2.45) is 0 Å². The molecule has 6 heteroatoms. The van der Waals surface area contributed by atoms with Gasteiger partial charge in [-0.3, -0.25) is 0 Å². The molecule has 1 aromatic carbocycles. The smallest absolute Gasteiger partial charge is 0.348 e. The van der Waals surface area contributed by atoms with Gasteiger partial charge in [0.1, 0.15) is 17.4 Å². The molecule has 0 saturated carbocycles. The normalized spacial score (nSPS) is 10.5. The van der Waals surface area contributed by atoms with Gasteiger partial charge in [0.15, 0.2) is 6.61 Å². The number of para-hydroxylation sites is 1. The Balaban J connectivity index is 3.03. The number of carboxylic acids is 1. The van der Waals surface area contributed by atoms with Gasteiger partial charge in [-0.2, -0.15) is 5.26 Å². The third-order valence-electron chi connectivity index (χ3n) is 2.19. The second-order valence-corrected chi connectivity index (χ2v) is 3.61. The van der Waals surface area contributed by atoms with Crippen LogP contribution in [-0.4, -0.2) is 30.3 Å². The number of aliphatic carboxylic acids is 1. The van der Waals surface area contributed by atoms with Gasteiger partial charge in [0.25, 0.3) is 0 Å². The highest BCUT2D eigenvalue weighted by atomic mass is 16.5.